The predicted molar refractivity (Wildman–Crippen MR) is 66.5 cm³/mol. The molecule has 1 amide bonds. The maximum absolute atomic E-state index is 12.1. The molecule has 1 aromatic carbocycles. The summed E-state index contributed by atoms with van der Waals surface area (Å²) in [7, 11) is 0. The lowest BCUT2D eigenvalue weighted by molar-refractivity contribution is -0.118. The molecule has 0 aromatic heterocycles. The summed E-state index contributed by atoms with van der Waals surface area (Å²) in [5, 5.41) is 0. The Bertz CT molecular complexity index is 443. The van der Waals surface area contributed by atoms with Crippen molar-refractivity contribution in [2.45, 2.75) is 32.7 Å². The number of anilines is 1. The lowest BCUT2D eigenvalue weighted by Gasteiger charge is -2.35. The molecule has 0 unspecified atom stereocenters. The van der Waals surface area contributed by atoms with E-state index in [0.717, 1.165) is 11.4 Å². The summed E-state index contributed by atoms with van der Waals surface area (Å²) < 4.78 is 0. The molecule has 1 aliphatic rings. The average molecular weight is 216 g/mol. The Morgan fingerprint density at radius 1 is 1.25 bits per heavy atom. The number of benzene rings is 1. The van der Waals surface area contributed by atoms with Gasteiger partial charge in [0.2, 0.25) is 5.91 Å². The molecule has 0 fully saturated rings. The van der Waals surface area contributed by atoms with Gasteiger partial charge >= 0.3 is 0 Å². The monoisotopic (exact) mass is 216 g/mol. The second-order valence-corrected chi connectivity index (χ2v) is 4.90. The maximum Gasteiger partial charge on any atom is 0.232 e. The molecule has 3 nitrogen and oxygen atoms in total. The first-order valence-corrected chi connectivity index (χ1v) is 5.45. The van der Waals surface area contributed by atoms with E-state index in [0.29, 0.717) is 6.42 Å². The number of carbonyl (C=O) groups is 1. The number of hydrogen-bond acceptors (Lipinski definition) is 2. The third-order valence-electron chi connectivity index (χ3n) is 2.54. The summed E-state index contributed by atoms with van der Waals surface area (Å²) in [6, 6.07) is 7.75. The fraction of sp³-hybridized carbons (Fsp3) is 0.385. The number of hydrogen-bond donors (Lipinski definition) is 0. The molecule has 0 saturated heterocycles. The average Bonchev–Trinajstić information content (AvgIpc) is 2.34. The minimum absolute atomic E-state index is 0.0983. The molecule has 2 rings (SSSR count). The highest BCUT2D eigenvalue weighted by molar-refractivity contribution is 6.06. The van der Waals surface area contributed by atoms with Gasteiger partial charge in [-0.05, 0) is 32.9 Å². The zero-order chi connectivity index (χ0) is 11.8. The van der Waals surface area contributed by atoms with Crippen LogP contribution in [0.2, 0.25) is 0 Å². The van der Waals surface area contributed by atoms with Crippen molar-refractivity contribution in [1.82, 2.24) is 0 Å². The molecule has 84 valence electrons. The number of nitrogens with zero attached hydrogens (tertiary/aromatic N) is 2. The molecule has 1 heterocycles. The van der Waals surface area contributed by atoms with Crippen LogP contribution in [0.3, 0.4) is 0 Å². The Morgan fingerprint density at radius 2 is 1.94 bits per heavy atom. The summed E-state index contributed by atoms with van der Waals surface area (Å²) in [4.78, 5) is 18.2. The van der Waals surface area contributed by atoms with Gasteiger partial charge in [0.15, 0.2) is 0 Å². The summed E-state index contributed by atoms with van der Waals surface area (Å²) in [5.41, 5.74) is 1.54. The van der Waals surface area contributed by atoms with Gasteiger partial charge in [0.25, 0.3) is 0 Å². The minimum atomic E-state index is -0.221. The molecule has 3 heteroatoms. The van der Waals surface area contributed by atoms with Gasteiger partial charge in [-0.15, -0.1) is 0 Å². The van der Waals surface area contributed by atoms with Crippen LogP contribution in [0.25, 0.3) is 0 Å². The van der Waals surface area contributed by atoms with Crippen LogP contribution >= 0.6 is 0 Å². The van der Waals surface area contributed by atoms with Crippen molar-refractivity contribution < 1.29 is 4.79 Å². The van der Waals surface area contributed by atoms with Gasteiger partial charge in [-0.3, -0.25) is 9.79 Å². The van der Waals surface area contributed by atoms with E-state index in [1.165, 1.54) is 0 Å². The van der Waals surface area contributed by atoms with Gasteiger partial charge in [-0.1, -0.05) is 12.1 Å². The molecule has 0 spiro atoms. The molecule has 1 aromatic rings. The molecule has 1 aliphatic heterocycles. The minimum Gasteiger partial charge on any atom is -0.305 e. The summed E-state index contributed by atoms with van der Waals surface area (Å²) >= 11 is 0. The van der Waals surface area contributed by atoms with Crippen LogP contribution in [0.4, 0.5) is 11.4 Å². The van der Waals surface area contributed by atoms with E-state index < -0.39 is 0 Å². The standard InChI is InChI=1S/C13H16N2O/c1-13(2,3)15-11-7-5-4-6-10(11)14-9-8-12(15)16/h4-7,9H,8H2,1-3H3. The van der Waals surface area contributed by atoms with Crippen molar-refractivity contribution >= 4 is 23.5 Å². The fourth-order valence-corrected chi connectivity index (χ4v) is 1.95. The normalized spacial score (nSPS) is 15.9. The van der Waals surface area contributed by atoms with Crippen molar-refractivity contribution in [3.05, 3.63) is 24.3 Å². The molecule has 0 N–H and O–H groups in total. The number of carbonyl (C=O) groups excluding carboxylic acids is 1. The van der Waals surface area contributed by atoms with Gasteiger partial charge < -0.3 is 4.90 Å². The highest BCUT2D eigenvalue weighted by Crippen LogP contribution is 2.34. The molecule has 0 radical (unpaired) electrons. The zero-order valence-electron chi connectivity index (χ0n) is 9.90. The van der Waals surface area contributed by atoms with Crippen LogP contribution in [0.1, 0.15) is 27.2 Å². The van der Waals surface area contributed by atoms with E-state index in [4.69, 9.17) is 0 Å². The summed E-state index contributed by atoms with van der Waals surface area (Å²) in [6.45, 7) is 6.10. The van der Waals surface area contributed by atoms with E-state index in [2.05, 4.69) is 4.99 Å². The summed E-state index contributed by atoms with van der Waals surface area (Å²) in [6.07, 6.45) is 2.05. The van der Waals surface area contributed by atoms with Crippen LogP contribution in [0.15, 0.2) is 29.3 Å². The van der Waals surface area contributed by atoms with Crippen molar-refractivity contribution in [1.29, 1.82) is 0 Å². The molecule has 0 aliphatic carbocycles. The van der Waals surface area contributed by atoms with Gasteiger partial charge in [0.1, 0.15) is 0 Å². The van der Waals surface area contributed by atoms with Crippen molar-refractivity contribution in [2.24, 2.45) is 4.99 Å². The zero-order valence-corrected chi connectivity index (χ0v) is 9.90. The van der Waals surface area contributed by atoms with Crippen LogP contribution < -0.4 is 4.90 Å². The quantitative estimate of drug-likeness (QED) is 0.656. The van der Waals surface area contributed by atoms with Crippen LogP contribution in [-0.4, -0.2) is 17.7 Å². The second kappa shape index (κ2) is 3.74. The van der Waals surface area contributed by atoms with Crippen LogP contribution in [-0.2, 0) is 4.79 Å². The van der Waals surface area contributed by atoms with E-state index in [1.54, 1.807) is 6.21 Å². The molecule has 0 atom stereocenters. The highest BCUT2D eigenvalue weighted by atomic mass is 16.2. The topological polar surface area (TPSA) is 32.7 Å². The third kappa shape index (κ3) is 1.85. The number of fused-ring (bicyclic) bond motifs is 1. The molecule has 0 saturated carbocycles. The van der Waals surface area contributed by atoms with Gasteiger partial charge in [0, 0.05) is 11.8 Å². The Hall–Kier alpha value is -1.64. The van der Waals surface area contributed by atoms with E-state index >= 15 is 0 Å². The Labute approximate surface area is 95.8 Å². The molecule has 16 heavy (non-hydrogen) atoms. The highest BCUT2D eigenvalue weighted by Gasteiger charge is 2.30. The van der Waals surface area contributed by atoms with Gasteiger partial charge in [0.05, 0.1) is 17.8 Å². The lowest BCUT2D eigenvalue weighted by atomic mass is 10.0. The second-order valence-electron chi connectivity index (χ2n) is 4.90. The number of aliphatic imine (C=N–C) groups is 1. The van der Waals surface area contributed by atoms with Crippen molar-refractivity contribution in [2.75, 3.05) is 4.90 Å². The third-order valence-corrected chi connectivity index (χ3v) is 2.54. The first-order chi connectivity index (χ1) is 7.50. The van der Waals surface area contributed by atoms with Gasteiger partial charge in [-0.2, -0.15) is 0 Å². The first-order valence-electron chi connectivity index (χ1n) is 5.45. The molecular formula is C13H16N2O. The fourth-order valence-electron chi connectivity index (χ4n) is 1.95. The molecule has 0 bridgehead atoms. The number of amides is 1. The lowest BCUT2D eigenvalue weighted by Crippen LogP contribution is -2.45. The van der Waals surface area contributed by atoms with Crippen molar-refractivity contribution in [3.63, 3.8) is 0 Å². The molecular weight excluding hydrogens is 200 g/mol. The number of para-hydroxylation sites is 2. The van der Waals surface area contributed by atoms with E-state index in [-0.39, 0.29) is 11.4 Å². The summed E-state index contributed by atoms with van der Waals surface area (Å²) in [5.74, 6) is 0.0983. The van der Waals surface area contributed by atoms with Gasteiger partial charge in [-0.25, -0.2) is 0 Å². The largest absolute Gasteiger partial charge is 0.305 e. The van der Waals surface area contributed by atoms with E-state index in [9.17, 15) is 4.79 Å². The Balaban J connectivity index is 2.57. The SMILES string of the molecule is CC(C)(C)N1C(=O)CC=Nc2ccccc21. The smallest absolute Gasteiger partial charge is 0.232 e. The maximum atomic E-state index is 12.1. The van der Waals surface area contributed by atoms with E-state index in [1.807, 2.05) is 49.9 Å². The van der Waals surface area contributed by atoms with Crippen LogP contribution in [0.5, 0.6) is 0 Å². The Morgan fingerprint density at radius 3 is 2.62 bits per heavy atom. The van der Waals surface area contributed by atoms with Crippen molar-refractivity contribution in [3.8, 4) is 0 Å². The predicted octanol–water partition coefficient (Wildman–Crippen LogP) is 2.92. The first kappa shape index (κ1) is 10.9. The Kier molecular flexibility index (Phi) is 2.54. The van der Waals surface area contributed by atoms with Crippen LogP contribution in [0, 0.1) is 0 Å². The number of rotatable bonds is 0.